The van der Waals surface area contributed by atoms with Crippen molar-refractivity contribution in [3.05, 3.63) is 20.8 Å². The molecule has 1 unspecified atom stereocenters. The Bertz CT molecular complexity index is 869. The van der Waals surface area contributed by atoms with Gasteiger partial charge in [-0.25, -0.2) is 10.2 Å². The Morgan fingerprint density at radius 1 is 1.33 bits per heavy atom. The van der Waals surface area contributed by atoms with E-state index in [1.807, 2.05) is 25.3 Å². The van der Waals surface area contributed by atoms with Crippen LogP contribution in [-0.2, 0) is 13.6 Å². The first-order valence-corrected chi connectivity index (χ1v) is 6.99. The summed E-state index contributed by atoms with van der Waals surface area (Å²) < 4.78 is 4.50. The quantitative estimate of drug-likeness (QED) is 0.880. The lowest BCUT2D eigenvalue weighted by molar-refractivity contribution is 0.588. The van der Waals surface area contributed by atoms with Crippen molar-refractivity contribution in [1.29, 1.82) is 0 Å². The molecule has 1 atom stereocenters. The van der Waals surface area contributed by atoms with E-state index in [4.69, 9.17) is 0 Å². The molecule has 0 spiro atoms. The molecule has 1 aliphatic rings. The van der Waals surface area contributed by atoms with Crippen molar-refractivity contribution in [2.45, 2.75) is 39.8 Å². The second-order valence-electron chi connectivity index (χ2n) is 5.32. The van der Waals surface area contributed by atoms with Gasteiger partial charge in [-0.1, -0.05) is 6.92 Å². The summed E-state index contributed by atoms with van der Waals surface area (Å²) in [5, 5.41) is 4.18. The number of hydrazone groups is 1. The maximum absolute atomic E-state index is 12.7. The summed E-state index contributed by atoms with van der Waals surface area (Å²) >= 11 is 0. The molecule has 0 aromatic carbocycles. The molecule has 0 saturated carbocycles. The number of nitrogens with zero attached hydrogens (tertiary/aromatic N) is 5. The molecule has 21 heavy (non-hydrogen) atoms. The average Bonchev–Trinajstić information content (AvgIpc) is 2.85. The SMILES string of the molecule is CCCn1c(=O)c2c(nc3n2C(C)C(C)=NN3)n(C)c1=O. The number of aromatic nitrogens is 4. The molecule has 0 saturated heterocycles. The normalized spacial score (nSPS) is 17.5. The van der Waals surface area contributed by atoms with E-state index in [1.165, 1.54) is 9.13 Å². The molecule has 3 rings (SSSR count). The van der Waals surface area contributed by atoms with E-state index < -0.39 is 0 Å². The molecular weight excluding hydrogens is 272 g/mol. The van der Waals surface area contributed by atoms with Crippen LogP contribution in [0, 0.1) is 0 Å². The highest BCUT2D eigenvalue weighted by Gasteiger charge is 2.26. The third kappa shape index (κ3) is 1.75. The van der Waals surface area contributed by atoms with Gasteiger partial charge in [-0.15, -0.1) is 0 Å². The van der Waals surface area contributed by atoms with Gasteiger partial charge in [-0.05, 0) is 20.3 Å². The number of nitrogens with one attached hydrogen (secondary N) is 1. The van der Waals surface area contributed by atoms with Gasteiger partial charge in [0.1, 0.15) is 0 Å². The van der Waals surface area contributed by atoms with Crippen molar-refractivity contribution in [2.75, 3.05) is 5.43 Å². The fourth-order valence-electron chi connectivity index (χ4n) is 2.63. The Hall–Kier alpha value is -2.38. The first-order chi connectivity index (χ1) is 9.97. The molecule has 1 aliphatic heterocycles. The van der Waals surface area contributed by atoms with Gasteiger partial charge in [0.15, 0.2) is 11.2 Å². The standard InChI is InChI=1S/C13H18N6O2/c1-5-6-18-11(20)9-10(17(4)13(18)21)14-12-16-15-7(2)8(3)19(9)12/h8H,5-6H2,1-4H3,(H,14,16). The number of fused-ring (bicyclic) bond motifs is 3. The molecule has 2 aromatic rings. The van der Waals surface area contributed by atoms with Crippen molar-refractivity contribution >= 4 is 22.8 Å². The highest BCUT2D eigenvalue weighted by molar-refractivity contribution is 5.90. The van der Waals surface area contributed by atoms with Gasteiger partial charge in [0, 0.05) is 13.6 Å². The van der Waals surface area contributed by atoms with E-state index in [2.05, 4.69) is 15.5 Å². The number of hydrogen-bond donors (Lipinski definition) is 1. The van der Waals surface area contributed by atoms with Gasteiger partial charge in [0.05, 0.1) is 11.8 Å². The minimum Gasteiger partial charge on any atom is -0.294 e. The fourth-order valence-corrected chi connectivity index (χ4v) is 2.63. The maximum atomic E-state index is 12.7. The van der Waals surface area contributed by atoms with Crippen LogP contribution < -0.4 is 16.7 Å². The second kappa shape index (κ2) is 4.57. The van der Waals surface area contributed by atoms with Crippen molar-refractivity contribution in [1.82, 2.24) is 18.7 Å². The Morgan fingerprint density at radius 3 is 2.71 bits per heavy atom. The van der Waals surface area contributed by atoms with Gasteiger partial charge >= 0.3 is 5.69 Å². The summed E-state index contributed by atoms with van der Waals surface area (Å²) in [7, 11) is 1.63. The molecule has 8 heteroatoms. The zero-order chi connectivity index (χ0) is 15.3. The van der Waals surface area contributed by atoms with Crippen LogP contribution in [0.1, 0.15) is 33.2 Å². The van der Waals surface area contributed by atoms with Gasteiger partial charge in [0.2, 0.25) is 5.95 Å². The van der Waals surface area contributed by atoms with Gasteiger partial charge in [0.25, 0.3) is 5.56 Å². The third-order valence-corrected chi connectivity index (χ3v) is 3.95. The zero-order valence-corrected chi connectivity index (χ0v) is 12.5. The van der Waals surface area contributed by atoms with Gasteiger partial charge in [-0.2, -0.15) is 10.1 Å². The van der Waals surface area contributed by atoms with E-state index in [-0.39, 0.29) is 17.3 Å². The van der Waals surface area contributed by atoms with Crippen molar-refractivity contribution in [3.63, 3.8) is 0 Å². The fraction of sp³-hybridized carbons (Fsp3) is 0.538. The average molecular weight is 290 g/mol. The Labute approximate surface area is 120 Å². The van der Waals surface area contributed by atoms with Crippen LogP contribution in [0.25, 0.3) is 11.2 Å². The lowest BCUT2D eigenvalue weighted by Crippen LogP contribution is -2.40. The summed E-state index contributed by atoms with van der Waals surface area (Å²) in [6.45, 7) is 6.18. The van der Waals surface area contributed by atoms with E-state index in [0.717, 1.165) is 12.1 Å². The highest BCUT2D eigenvalue weighted by atomic mass is 16.2. The smallest absolute Gasteiger partial charge is 0.294 e. The molecule has 2 aromatic heterocycles. The zero-order valence-electron chi connectivity index (χ0n) is 12.5. The van der Waals surface area contributed by atoms with E-state index in [0.29, 0.717) is 23.7 Å². The molecule has 0 amide bonds. The van der Waals surface area contributed by atoms with Crippen molar-refractivity contribution in [2.24, 2.45) is 12.1 Å². The largest absolute Gasteiger partial charge is 0.332 e. The lowest BCUT2D eigenvalue weighted by atomic mass is 10.2. The Morgan fingerprint density at radius 2 is 2.05 bits per heavy atom. The van der Waals surface area contributed by atoms with Crippen LogP contribution in [-0.4, -0.2) is 24.4 Å². The minimum atomic E-state index is -0.338. The summed E-state index contributed by atoms with van der Waals surface area (Å²) in [6.07, 6.45) is 0.718. The monoisotopic (exact) mass is 290 g/mol. The number of rotatable bonds is 2. The number of aryl methyl sites for hydroxylation is 1. The summed E-state index contributed by atoms with van der Waals surface area (Å²) in [4.78, 5) is 29.3. The van der Waals surface area contributed by atoms with Gasteiger partial charge in [-0.3, -0.25) is 18.5 Å². The summed E-state index contributed by atoms with van der Waals surface area (Å²) in [6, 6.07) is -0.0773. The molecule has 0 radical (unpaired) electrons. The number of anilines is 1. The predicted molar refractivity (Wildman–Crippen MR) is 81.0 cm³/mol. The van der Waals surface area contributed by atoms with Crippen LogP contribution in [0.2, 0.25) is 0 Å². The summed E-state index contributed by atoms with van der Waals surface area (Å²) in [5.41, 5.74) is 3.89. The van der Waals surface area contributed by atoms with Crippen LogP contribution in [0.15, 0.2) is 14.7 Å². The van der Waals surface area contributed by atoms with E-state index >= 15 is 0 Å². The minimum absolute atomic E-state index is 0.0773. The van der Waals surface area contributed by atoms with Crippen LogP contribution >= 0.6 is 0 Å². The van der Waals surface area contributed by atoms with Crippen LogP contribution in [0.4, 0.5) is 5.95 Å². The summed E-state index contributed by atoms with van der Waals surface area (Å²) in [5.74, 6) is 0.490. The van der Waals surface area contributed by atoms with Crippen molar-refractivity contribution < 1.29 is 0 Å². The predicted octanol–water partition coefficient (Wildman–Crippen LogP) is 0.669. The van der Waals surface area contributed by atoms with Crippen LogP contribution in [0.5, 0.6) is 0 Å². The first kappa shape index (κ1) is 13.6. The van der Waals surface area contributed by atoms with Gasteiger partial charge < -0.3 is 0 Å². The molecular formula is C13H18N6O2. The molecule has 8 nitrogen and oxygen atoms in total. The molecule has 1 N–H and O–H groups in total. The molecule has 112 valence electrons. The molecule has 0 fully saturated rings. The number of imidazole rings is 1. The maximum Gasteiger partial charge on any atom is 0.332 e. The molecule has 3 heterocycles. The topological polar surface area (TPSA) is 86.2 Å². The van der Waals surface area contributed by atoms with Crippen LogP contribution in [0.3, 0.4) is 0 Å². The Balaban J connectivity index is 2.45. The molecule has 0 bridgehead atoms. The van der Waals surface area contributed by atoms with Crippen molar-refractivity contribution in [3.8, 4) is 0 Å². The number of hydrogen-bond acceptors (Lipinski definition) is 5. The van der Waals surface area contributed by atoms with E-state index in [9.17, 15) is 9.59 Å². The second-order valence-corrected chi connectivity index (χ2v) is 5.32. The van der Waals surface area contributed by atoms with E-state index in [1.54, 1.807) is 7.05 Å². The molecule has 0 aliphatic carbocycles. The highest BCUT2D eigenvalue weighted by Crippen LogP contribution is 2.25. The lowest BCUT2D eigenvalue weighted by Gasteiger charge is -2.21. The first-order valence-electron chi connectivity index (χ1n) is 6.99. The third-order valence-electron chi connectivity index (χ3n) is 3.95. The Kier molecular flexibility index (Phi) is 2.96.